The maximum Gasteiger partial charge on any atom is 0.417 e. The van der Waals surface area contributed by atoms with Crippen LogP contribution in [0, 0.1) is 71.4 Å². The molecule has 0 aliphatic carbocycles. The van der Waals surface area contributed by atoms with Gasteiger partial charge >= 0.3 is 29.7 Å². The summed E-state index contributed by atoms with van der Waals surface area (Å²) in [5.41, 5.74) is 13.8. The van der Waals surface area contributed by atoms with E-state index in [1.165, 1.54) is 73.7 Å². The number of nitrogen functional groups attached to an aromatic ring is 2. The highest BCUT2D eigenvalue weighted by Crippen LogP contribution is 2.61. The smallest absolute Gasteiger partial charge is 0.417 e. The number of aryl methyl sites for hydroxylation is 4. The van der Waals surface area contributed by atoms with Crippen LogP contribution < -0.4 is 22.3 Å². The van der Waals surface area contributed by atoms with Gasteiger partial charge in [0.15, 0.2) is 22.9 Å². The normalized spacial score (nSPS) is 11.4. The van der Waals surface area contributed by atoms with E-state index in [2.05, 4.69) is 104 Å². The van der Waals surface area contributed by atoms with Crippen LogP contribution in [-0.4, -0.2) is 84.5 Å². The molecular formula is C66H62Cl4F11N16O5P. The minimum absolute atomic E-state index is 0.0129. The van der Waals surface area contributed by atoms with Crippen LogP contribution >= 0.6 is 50.5 Å². The highest BCUT2D eigenvalue weighted by atomic mass is 36.0. The van der Waals surface area contributed by atoms with E-state index in [0.717, 1.165) is 53.0 Å². The minimum atomic E-state index is -4.49. The lowest BCUT2D eigenvalue weighted by Crippen LogP contribution is -2.20. The average Bonchev–Trinajstić information content (AvgIpc) is 1.50. The zero-order valence-electron chi connectivity index (χ0n) is 55.7. The second-order valence-electron chi connectivity index (χ2n) is 21.5. The first kappa shape index (κ1) is 83.6. The summed E-state index contributed by atoms with van der Waals surface area (Å²) in [4.78, 5) is 64.3. The standard InChI is InChI=1S/C19H17FN6.C13H10ClF3N2.C13H11F3N2O.C8H7F3N2.C7H12O3.C6H5FN4.Cl3OP/c1-10-6-4-5-7-14(10)18-22-12(3)11(2)16(23-18)24-19-15-8-13(20)9-21-17(15)25-26-19;1-7-8(2)18-12(19-11(7)14)9-5-3-4-6-10(9)13(15,16)17;1-7-8(2)17-11(18-12(7)19)9-5-3-4-6-10(9)13(14,15)16;9-8(10,11)6-4-2-1-3-5(6)7(12)13;1-4-10-7(9)5(2)6(3)8;7-3-1-4-5(8)10-11-6(4)9-2-3;1-5(2,3)4/h4-9H,1-3H3,(H2,21,22,23,24,25,26);3-6H,1-2H3;3-6H,1-2H3,(H,17,18,19);1-4H,(H3,12,13);5H,4H2,1-3H3;1-2H,(H3,8,9,10,11);. The summed E-state index contributed by atoms with van der Waals surface area (Å²) in [7, 11) is 0. The first-order valence-corrected chi connectivity index (χ1v) is 34.4. The Morgan fingerprint density at radius 1 is 0.631 bits per heavy atom. The SMILES string of the molecule is CCOC(=O)C(C)C(C)=O.Cc1ccccc1-c1nc(C)c(C)c(Nc2[nH]nc3ncc(F)cc23)n1.Cc1nc(-c2ccccc2C(F)(F)F)[nH]c(=O)c1C.Cc1nc(-c2ccccc2C(F)(F)F)nc(Cl)c1C.N=C(N)c1ccccc1C(F)(F)F.Nc1[nH]nc2ncc(F)cc12.O=P(Cl)(Cl)Cl. The molecule has 1 atom stereocenters. The highest BCUT2D eigenvalue weighted by molar-refractivity contribution is 8.24. The van der Waals surface area contributed by atoms with Crippen molar-refractivity contribution in [3.05, 3.63) is 210 Å². The molecule has 37 heteroatoms. The Balaban J connectivity index is 0.000000226. The molecule has 0 radical (unpaired) electrons. The van der Waals surface area contributed by atoms with Gasteiger partial charge in [0, 0.05) is 56.0 Å². The number of halogens is 15. The fourth-order valence-electron chi connectivity index (χ4n) is 8.42. The zero-order chi connectivity index (χ0) is 77.2. The van der Waals surface area contributed by atoms with Crippen LogP contribution in [0.5, 0.6) is 0 Å². The molecule has 1 unspecified atom stereocenters. The monoisotopic (exact) mass is 1540 g/mol. The third kappa shape index (κ3) is 24.3. The number of ketones is 1. The molecule has 7 heterocycles. The first-order valence-electron chi connectivity index (χ1n) is 29.6. The van der Waals surface area contributed by atoms with Gasteiger partial charge in [-0.25, -0.2) is 43.7 Å². The number of aromatic amines is 3. The van der Waals surface area contributed by atoms with E-state index in [9.17, 15) is 67.2 Å². The second kappa shape index (κ2) is 36.2. The Labute approximate surface area is 599 Å². The molecule has 0 fully saturated rings. The van der Waals surface area contributed by atoms with E-state index in [-0.39, 0.29) is 39.3 Å². The lowest BCUT2D eigenvalue weighted by Gasteiger charge is -2.12. The molecule has 0 aliphatic rings. The lowest BCUT2D eigenvalue weighted by atomic mass is 10.1. The summed E-state index contributed by atoms with van der Waals surface area (Å²) in [5.74, 6) is -0.518. The molecule has 11 rings (SSSR count). The molecular weight excluding hydrogens is 1480 g/mol. The quantitative estimate of drug-likeness (QED) is 0.0134. The fourth-order valence-corrected chi connectivity index (χ4v) is 8.64. The zero-order valence-corrected chi connectivity index (χ0v) is 59.6. The Morgan fingerprint density at radius 3 is 1.57 bits per heavy atom. The van der Waals surface area contributed by atoms with Gasteiger partial charge in [0.2, 0.25) is 0 Å². The molecule has 0 bridgehead atoms. The van der Waals surface area contributed by atoms with E-state index in [1.807, 2.05) is 45.0 Å². The minimum Gasteiger partial charge on any atom is -0.465 e. The molecule has 21 nitrogen and oxygen atoms in total. The number of carbonyl (C=O) groups is 2. The lowest BCUT2D eigenvalue weighted by molar-refractivity contribution is -0.150. The van der Waals surface area contributed by atoms with E-state index < -0.39 is 75.3 Å². The number of amidine groups is 1. The van der Waals surface area contributed by atoms with Crippen molar-refractivity contribution < 1.29 is 67.2 Å². The van der Waals surface area contributed by atoms with Crippen molar-refractivity contribution in [3.63, 3.8) is 0 Å². The summed E-state index contributed by atoms with van der Waals surface area (Å²) < 4.78 is 154. The number of aromatic nitrogens is 12. The van der Waals surface area contributed by atoms with Gasteiger partial charge in [-0.3, -0.25) is 34.6 Å². The van der Waals surface area contributed by atoms with Crippen molar-refractivity contribution >= 4 is 108 Å². The summed E-state index contributed by atoms with van der Waals surface area (Å²) in [5, 5.41) is 21.4. The number of hydrogen-bond donors (Lipinski definition) is 7. The van der Waals surface area contributed by atoms with Gasteiger partial charge in [0.25, 0.3) is 5.56 Å². The topological polar surface area (TPSA) is 329 Å². The van der Waals surface area contributed by atoms with Gasteiger partial charge in [-0.05, 0) is 139 Å². The van der Waals surface area contributed by atoms with Crippen LogP contribution in [0.15, 0.2) is 126 Å². The Kier molecular flexibility index (Phi) is 29.4. The number of esters is 1. The molecule has 0 saturated carbocycles. The number of Topliss-reactive ketones (excluding diaryl/α,β-unsaturated/α-hetero) is 1. The summed E-state index contributed by atoms with van der Waals surface area (Å²) >= 11 is 19.8. The van der Waals surface area contributed by atoms with Crippen molar-refractivity contribution in [2.45, 2.75) is 87.8 Å². The number of ether oxygens (including phenoxy) is 1. The van der Waals surface area contributed by atoms with Crippen LogP contribution in [0.1, 0.15) is 82.4 Å². The maximum absolute atomic E-state index is 13.5. The van der Waals surface area contributed by atoms with Gasteiger partial charge < -0.3 is 26.5 Å². The number of H-pyrrole nitrogens is 3. The Bertz CT molecular complexity index is 4910. The number of nitrogens with one attached hydrogen (secondary N) is 5. The van der Waals surface area contributed by atoms with E-state index in [1.54, 1.807) is 41.5 Å². The number of anilines is 3. The molecule has 7 aromatic heterocycles. The molecule has 0 amide bonds. The molecule has 9 N–H and O–H groups in total. The molecule has 4 aromatic carbocycles. The number of fused-ring (bicyclic) bond motifs is 2. The van der Waals surface area contributed by atoms with Gasteiger partial charge in [-0.2, -0.15) is 49.7 Å². The van der Waals surface area contributed by atoms with Gasteiger partial charge in [0.05, 0.1) is 46.5 Å². The van der Waals surface area contributed by atoms with Crippen molar-refractivity contribution in [1.82, 2.24) is 60.3 Å². The van der Waals surface area contributed by atoms with Crippen LogP contribution in [0.4, 0.5) is 65.7 Å². The summed E-state index contributed by atoms with van der Waals surface area (Å²) in [6.07, 6.45) is -11.2. The fraction of sp³-hybridized carbons (Fsp3) is 0.227. The van der Waals surface area contributed by atoms with Crippen molar-refractivity contribution in [1.29, 1.82) is 5.41 Å². The van der Waals surface area contributed by atoms with E-state index >= 15 is 0 Å². The van der Waals surface area contributed by atoms with E-state index in [0.29, 0.717) is 74.5 Å². The number of benzene rings is 4. The molecule has 0 saturated heterocycles. The van der Waals surface area contributed by atoms with Crippen LogP contribution in [-0.2, 0) is 37.4 Å². The number of carbonyl (C=O) groups excluding carboxylic acids is 2. The van der Waals surface area contributed by atoms with Crippen molar-refractivity contribution in [2.75, 3.05) is 17.7 Å². The summed E-state index contributed by atoms with van der Waals surface area (Å²) in [6, 6.07) is 25.6. The average molecular weight is 1540 g/mol. The van der Waals surface area contributed by atoms with Crippen LogP contribution in [0.3, 0.4) is 0 Å². The Morgan fingerprint density at radius 2 is 1.08 bits per heavy atom. The van der Waals surface area contributed by atoms with Crippen LogP contribution in [0.25, 0.3) is 56.2 Å². The van der Waals surface area contributed by atoms with Gasteiger partial charge in [-0.15, -0.1) is 0 Å². The first-order chi connectivity index (χ1) is 47.9. The van der Waals surface area contributed by atoms with E-state index in [4.69, 9.17) is 28.5 Å². The van der Waals surface area contributed by atoms with Crippen molar-refractivity contribution in [3.8, 4) is 34.2 Å². The number of pyridine rings is 2. The van der Waals surface area contributed by atoms with Crippen LogP contribution in [0.2, 0.25) is 5.15 Å². The number of nitrogens with two attached hydrogens (primary N) is 2. The molecule has 546 valence electrons. The predicted molar refractivity (Wildman–Crippen MR) is 373 cm³/mol. The number of alkyl halides is 9. The third-order valence-electron chi connectivity index (χ3n) is 14.3. The van der Waals surface area contributed by atoms with Gasteiger partial charge in [0.1, 0.15) is 57.6 Å². The van der Waals surface area contributed by atoms with Gasteiger partial charge in [-0.1, -0.05) is 90.5 Å². The molecule has 0 spiro atoms. The summed E-state index contributed by atoms with van der Waals surface area (Å²) in [6.45, 7) is 17.4. The van der Waals surface area contributed by atoms with Crippen molar-refractivity contribution in [2.24, 2.45) is 11.7 Å². The number of hydrogen-bond acceptors (Lipinski definition) is 17. The third-order valence-corrected chi connectivity index (χ3v) is 14.6. The maximum atomic E-state index is 13.5. The molecule has 0 aliphatic heterocycles. The molecule has 11 aromatic rings. The largest absolute Gasteiger partial charge is 0.465 e. The second-order valence-corrected chi connectivity index (χ2v) is 28.5. The number of rotatable bonds is 9. The number of nitrogens with zero attached hydrogens (tertiary/aromatic N) is 9. The predicted octanol–water partition coefficient (Wildman–Crippen LogP) is 18.0. The molecule has 103 heavy (non-hydrogen) atoms. The highest BCUT2D eigenvalue weighted by Gasteiger charge is 2.36. The Hall–Kier alpha value is -10.0.